The Morgan fingerprint density at radius 3 is 3.08 bits per heavy atom. The van der Waals surface area contributed by atoms with Crippen molar-refractivity contribution in [3.05, 3.63) is 57.6 Å². The van der Waals surface area contributed by atoms with Crippen molar-refractivity contribution >= 4 is 23.3 Å². The molecule has 0 spiro atoms. The number of aromatic nitrogens is 2. The van der Waals surface area contributed by atoms with Gasteiger partial charge in [0.1, 0.15) is 10.8 Å². The summed E-state index contributed by atoms with van der Waals surface area (Å²) >= 11 is 5.76. The van der Waals surface area contributed by atoms with Gasteiger partial charge in [-0.15, -0.1) is 0 Å². The number of nitrogens with one attached hydrogen (secondary N) is 2. The van der Waals surface area contributed by atoms with E-state index in [0.717, 1.165) is 31.7 Å². The molecule has 3 heterocycles. The summed E-state index contributed by atoms with van der Waals surface area (Å²) in [6.07, 6.45) is 5.31. The molecule has 3 rings (SSSR count). The van der Waals surface area contributed by atoms with Gasteiger partial charge in [-0.1, -0.05) is 17.7 Å². The summed E-state index contributed by atoms with van der Waals surface area (Å²) in [5.74, 6) is 1.10. The normalized spacial score (nSPS) is 17.5. The van der Waals surface area contributed by atoms with E-state index in [9.17, 15) is 9.59 Å². The van der Waals surface area contributed by atoms with Crippen LogP contribution >= 0.6 is 11.6 Å². The van der Waals surface area contributed by atoms with Gasteiger partial charge in [-0.3, -0.25) is 9.59 Å². The van der Waals surface area contributed by atoms with E-state index < -0.39 is 5.56 Å². The molecule has 1 aliphatic heterocycles. The van der Waals surface area contributed by atoms with Gasteiger partial charge in [0.05, 0.1) is 5.56 Å². The minimum absolute atomic E-state index is 0.0154. The Kier molecular flexibility index (Phi) is 5.15. The van der Waals surface area contributed by atoms with Crippen molar-refractivity contribution in [2.75, 3.05) is 24.5 Å². The van der Waals surface area contributed by atoms with Crippen LogP contribution in [0.1, 0.15) is 23.2 Å². The number of aromatic amines is 1. The van der Waals surface area contributed by atoms with E-state index in [2.05, 4.69) is 20.2 Å². The molecule has 0 aliphatic carbocycles. The van der Waals surface area contributed by atoms with Gasteiger partial charge in [0.2, 0.25) is 0 Å². The third-order valence-corrected chi connectivity index (χ3v) is 4.44. The Labute approximate surface area is 144 Å². The van der Waals surface area contributed by atoms with E-state index in [-0.39, 0.29) is 10.9 Å². The smallest absolute Gasteiger partial charge is 0.266 e. The van der Waals surface area contributed by atoms with Gasteiger partial charge < -0.3 is 15.2 Å². The SMILES string of the molecule is O=C(NC[C@H]1CCCN(c2ccccn2)C1)c1c[nH]c(=O)c(Cl)c1. The number of amides is 1. The molecule has 0 saturated carbocycles. The van der Waals surface area contributed by atoms with Gasteiger partial charge in [-0.25, -0.2) is 4.98 Å². The zero-order chi connectivity index (χ0) is 16.9. The van der Waals surface area contributed by atoms with Gasteiger partial charge in [-0.05, 0) is 37.0 Å². The lowest BCUT2D eigenvalue weighted by Crippen LogP contribution is -2.41. The minimum Gasteiger partial charge on any atom is -0.356 e. The first-order valence-corrected chi connectivity index (χ1v) is 8.33. The van der Waals surface area contributed by atoms with E-state index in [1.807, 2.05) is 18.2 Å². The number of pyridine rings is 2. The molecule has 1 aliphatic rings. The van der Waals surface area contributed by atoms with E-state index >= 15 is 0 Å². The maximum absolute atomic E-state index is 12.2. The fourth-order valence-electron chi connectivity index (χ4n) is 2.91. The Morgan fingerprint density at radius 1 is 1.46 bits per heavy atom. The van der Waals surface area contributed by atoms with E-state index in [0.29, 0.717) is 18.0 Å². The second-order valence-electron chi connectivity index (χ2n) is 5.92. The quantitative estimate of drug-likeness (QED) is 0.888. The van der Waals surface area contributed by atoms with E-state index in [1.54, 1.807) is 6.20 Å². The number of halogens is 1. The predicted octanol–water partition coefficient (Wildman–Crippen LogP) is 2.07. The molecular weight excluding hydrogens is 328 g/mol. The molecule has 24 heavy (non-hydrogen) atoms. The number of anilines is 1. The Morgan fingerprint density at radius 2 is 2.33 bits per heavy atom. The summed E-state index contributed by atoms with van der Waals surface area (Å²) in [7, 11) is 0. The molecule has 2 N–H and O–H groups in total. The largest absolute Gasteiger partial charge is 0.356 e. The molecule has 126 valence electrons. The number of carbonyl (C=O) groups excluding carboxylic acids is 1. The number of nitrogens with zero attached hydrogens (tertiary/aromatic N) is 2. The first kappa shape index (κ1) is 16.5. The highest BCUT2D eigenvalue weighted by Gasteiger charge is 2.21. The summed E-state index contributed by atoms with van der Waals surface area (Å²) in [6.45, 7) is 2.43. The average Bonchev–Trinajstić information content (AvgIpc) is 2.63. The van der Waals surface area contributed by atoms with Crippen LogP contribution in [0.2, 0.25) is 5.02 Å². The van der Waals surface area contributed by atoms with E-state index in [1.165, 1.54) is 12.3 Å². The van der Waals surface area contributed by atoms with Gasteiger partial charge >= 0.3 is 0 Å². The number of carbonyl (C=O) groups is 1. The van der Waals surface area contributed by atoms with Gasteiger partial charge in [0, 0.05) is 32.0 Å². The van der Waals surface area contributed by atoms with Gasteiger partial charge in [0.25, 0.3) is 11.5 Å². The Bertz CT molecular complexity index is 763. The van der Waals surface area contributed by atoms with Crippen LogP contribution in [0.15, 0.2) is 41.5 Å². The third kappa shape index (κ3) is 3.94. The maximum Gasteiger partial charge on any atom is 0.266 e. The molecule has 1 atom stereocenters. The van der Waals surface area contributed by atoms with Crippen molar-refractivity contribution in [2.45, 2.75) is 12.8 Å². The molecular formula is C17H19ClN4O2. The molecule has 2 aromatic rings. The zero-order valence-corrected chi connectivity index (χ0v) is 13.9. The minimum atomic E-state index is -0.397. The fraction of sp³-hybridized carbons (Fsp3) is 0.353. The number of hydrogen-bond acceptors (Lipinski definition) is 4. The van der Waals surface area contributed by atoms with Crippen molar-refractivity contribution in [1.29, 1.82) is 0 Å². The van der Waals surface area contributed by atoms with Crippen molar-refractivity contribution in [1.82, 2.24) is 15.3 Å². The van der Waals surface area contributed by atoms with Crippen molar-refractivity contribution in [3.63, 3.8) is 0 Å². The van der Waals surface area contributed by atoms with Crippen LogP contribution in [0.25, 0.3) is 0 Å². The van der Waals surface area contributed by atoms with Crippen LogP contribution < -0.4 is 15.8 Å². The highest BCUT2D eigenvalue weighted by atomic mass is 35.5. The molecule has 0 unspecified atom stereocenters. The molecule has 1 fully saturated rings. The predicted molar refractivity (Wildman–Crippen MR) is 93.6 cm³/mol. The second-order valence-corrected chi connectivity index (χ2v) is 6.32. The lowest BCUT2D eigenvalue weighted by atomic mass is 9.98. The van der Waals surface area contributed by atoms with Crippen LogP contribution in [0.4, 0.5) is 5.82 Å². The molecule has 1 amide bonds. The first-order chi connectivity index (χ1) is 11.6. The molecule has 1 saturated heterocycles. The number of H-pyrrole nitrogens is 1. The Hall–Kier alpha value is -2.34. The summed E-state index contributed by atoms with van der Waals surface area (Å²) in [5, 5.41) is 2.94. The molecule has 0 aromatic carbocycles. The highest BCUT2D eigenvalue weighted by Crippen LogP contribution is 2.20. The van der Waals surface area contributed by atoms with Crippen molar-refractivity contribution in [3.8, 4) is 0 Å². The standard InChI is InChI=1S/C17H19ClN4O2/c18-14-8-13(10-21-17(14)24)16(23)20-9-12-4-3-7-22(11-12)15-5-1-2-6-19-15/h1-2,5-6,8,10,12H,3-4,7,9,11H2,(H,20,23)(H,21,24)/t12-/m1/s1. The van der Waals surface area contributed by atoms with Crippen LogP contribution in [0.3, 0.4) is 0 Å². The van der Waals surface area contributed by atoms with Gasteiger partial charge in [-0.2, -0.15) is 0 Å². The van der Waals surface area contributed by atoms with Crippen LogP contribution in [0, 0.1) is 5.92 Å². The van der Waals surface area contributed by atoms with Crippen LogP contribution in [0.5, 0.6) is 0 Å². The van der Waals surface area contributed by atoms with E-state index in [4.69, 9.17) is 11.6 Å². The lowest BCUT2D eigenvalue weighted by Gasteiger charge is -2.33. The highest BCUT2D eigenvalue weighted by molar-refractivity contribution is 6.30. The average molecular weight is 347 g/mol. The third-order valence-electron chi connectivity index (χ3n) is 4.16. The van der Waals surface area contributed by atoms with Gasteiger partial charge in [0.15, 0.2) is 0 Å². The molecule has 0 radical (unpaired) electrons. The van der Waals surface area contributed by atoms with Crippen LogP contribution in [-0.4, -0.2) is 35.5 Å². The molecule has 7 heteroatoms. The summed E-state index contributed by atoms with van der Waals surface area (Å²) in [4.78, 5) is 32.5. The molecule has 2 aromatic heterocycles. The summed E-state index contributed by atoms with van der Waals surface area (Å²) in [5.41, 5.74) is -0.0384. The lowest BCUT2D eigenvalue weighted by molar-refractivity contribution is 0.0945. The molecule has 6 nitrogen and oxygen atoms in total. The summed E-state index contributed by atoms with van der Waals surface area (Å²) < 4.78 is 0. The summed E-state index contributed by atoms with van der Waals surface area (Å²) in [6, 6.07) is 7.27. The Balaban J connectivity index is 1.57. The van der Waals surface area contributed by atoms with Crippen LogP contribution in [-0.2, 0) is 0 Å². The molecule has 0 bridgehead atoms. The second kappa shape index (κ2) is 7.49. The maximum atomic E-state index is 12.2. The zero-order valence-electron chi connectivity index (χ0n) is 13.2. The number of hydrogen-bond donors (Lipinski definition) is 2. The fourth-order valence-corrected chi connectivity index (χ4v) is 3.08. The number of rotatable bonds is 4. The number of piperidine rings is 1. The monoisotopic (exact) mass is 346 g/mol. The van der Waals surface area contributed by atoms with Crippen molar-refractivity contribution in [2.24, 2.45) is 5.92 Å². The first-order valence-electron chi connectivity index (χ1n) is 7.96. The topological polar surface area (TPSA) is 78.1 Å². The van der Waals surface area contributed by atoms with Crippen molar-refractivity contribution < 1.29 is 4.79 Å².